The highest BCUT2D eigenvalue weighted by atomic mass is 35.5. The summed E-state index contributed by atoms with van der Waals surface area (Å²) in [5.74, 6) is 1.27. The second-order valence-electron chi connectivity index (χ2n) is 5.37. The van der Waals surface area contributed by atoms with Crippen molar-refractivity contribution in [3.05, 3.63) is 41.3 Å². The lowest BCUT2D eigenvalue weighted by Gasteiger charge is -2.09. The van der Waals surface area contributed by atoms with Crippen LogP contribution in [0.5, 0.6) is 5.75 Å². The molecular weight excluding hydrogens is 316 g/mol. The van der Waals surface area contributed by atoms with Gasteiger partial charge in [0.1, 0.15) is 17.3 Å². The molecule has 0 fully saturated rings. The Labute approximate surface area is 140 Å². The van der Waals surface area contributed by atoms with E-state index >= 15 is 0 Å². The third-order valence-corrected chi connectivity index (χ3v) is 3.27. The zero-order valence-corrected chi connectivity index (χ0v) is 14.0. The second-order valence-corrected chi connectivity index (χ2v) is 5.77. The zero-order chi connectivity index (χ0) is 16.8. The first-order valence-corrected chi connectivity index (χ1v) is 7.58. The van der Waals surface area contributed by atoms with Gasteiger partial charge < -0.3 is 15.4 Å². The third-order valence-electron chi connectivity index (χ3n) is 2.98. The normalized spacial score (nSPS) is 10.5. The highest BCUT2D eigenvalue weighted by Gasteiger charge is 2.09. The van der Waals surface area contributed by atoms with Crippen molar-refractivity contribution in [3.63, 3.8) is 0 Å². The predicted octanol–water partition coefficient (Wildman–Crippen LogP) is 3.27. The Bertz CT molecular complexity index is 674. The fourth-order valence-electron chi connectivity index (χ4n) is 1.79. The van der Waals surface area contributed by atoms with E-state index in [0.717, 1.165) is 5.69 Å². The van der Waals surface area contributed by atoms with E-state index in [1.807, 2.05) is 19.9 Å². The largest absolute Gasteiger partial charge is 0.495 e. The van der Waals surface area contributed by atoms with Crippen LogP contribution in [0.25, 0.3) is 0 Å². The van der Waals surface area contributed by atoms with E-state index in [4.69, 9.17) is 16.3 Å². The van der Waals surface area contributed by atoms with Gasteiger partial charge in [0, 0.05) is 12.2 Å². The van der Waals surface area contributed by atoms with E-state index in [0.29, 0.717) is 29.1 Å². The van der Waals surface area contributed by atoms with Crippen LogP contribution in [0, 0.1) is 5.92 Å². The van der Waals surface area contributed by atoms with Gasteiger partial charge in [0.25, 0.3) is 5.91 Å². The summed E-state index contributed by atoms with van der Waals surface area (Å²) in [7, 11) is 1.56. The summed E-state index contributed by atoms with van der Waals surface area (Å²) >= 11 is 6.07. The molecule has 1 heterocycles. The zero-order valence-electron chi connectivity index (χ0n) is 13.3. The lowest BCUT2D eigenvalue weighted by molar-refractivity contribution is 0.0943. The molecule has 2 N–H and O–H groups in total. The molecule has 0 aliphatic carbocycles. The molecule has 23 heavy (non-hydrogen) atoms. The molecule has 0 saturated carbocycles. The summed E-state index contributed by atoms with van der Waals surface area (Å²) in [5.41, 5.74) is 1.03. The number of ether oxygens (including phenoxy) is 1. The molecule has 122 valence electrons. The SMILES string of the molecule is COc1ccc(Nc2cnc(C(=O)NCC(C)C)cn2)cc1Cl. The fourth-order valence-corrected chi connectivity index (χ4v) is 2.05. The summed E-state index contributed by atoms with van der Waals surface area (Å²) in [6.07, 6.45) is 2.94. The molecule has 0 aliphatic rings. The van der Waals surface area contributed by atoms with Crippen LogP contribution in [-0.2, 0) is 0 Å². The van der Waals surface area contributed by atoms with E-state index < -0.39 is 0 Å². The number of anilines is 2. The van der Waals surface area contributed by atoms with Crippen molar-refractivity contribution >= 4 is 29.0 Å². The first kappa shape index (κ1) is 17.0. The van der Waals surface area contributed by atoms with E-state index in [1.165, 1.54) is 12.4 Å². The molecule has 1 aromatic carbocycles. The number of carbonyl (C=O) groups is 1. The molecule has 7 heteroatoms. The predicted molar refractivity (Wildman–Crippen MR) is 90.5 cm³/mol. The van der Waals surface area contributed by atoms with E-state index in [9.17, 15) is 4.79 Å². The summed E-state index contributed by atoms with van der Waals surface area (Å²) < 4.78 is 5.10. The molecule has 0 atom stereocenters. The Morgan fingerprint density at radius 3 is 2.65 bits per heavy atom. The smallest absolute Gasteiger partial charge is 0.271 e. The number of nitrogens with zero attached hydrogens (tertiary/aromatic N) is 2. The van der Waals surface area contributed by atoms with Crippen LogP contribution in [0.15, 0.2) is 30.6 Å². The number of halogens is 1. The Balaban J connectivity index is 2.02. The second kappa shape index (κ2) is 7.78. The standard InChI is InChI=1S/C16H19ClN4O2/c1-10(2)7-20-16(22)13-8-19-15(9-18-13)21-11-4-5-14(23-3)12(17)6-11/h4-6,8-10H,7H2,1-3H3,(H,19,21)(H,20,22). The van der Waals surface area contributed by atoms with Crippen molar-refractivity contribution in [2.75, 3.05) is 19.0 Å². The minimum Gasteiger partial charge on any atom is -0.495 e. The topological polar surface area (TPSA) is 76.1 Å². The number of benzene rings is 1. The molecule has 6 nitrogen and oxygen atoms in total. The molecule has 0 bridgehead atoms. The van der Waals surface area contributed by atoms with Gasteiger partial charge in [0.2, 0.25) is 0 Å². The maximum atomic E-state index is 11.9. The van der Waals surface area contributed by atoms with Crippen LogP contribution in [0.2, 0.25) is 5.02 Å². The van der Waals surface area contributed by atoms with Crippen LogP contribution < -0.4 is 15.4 Å². The lowest BCUT2D eigenvalue weighted by atomic mass is 10.2. The van der Waals surface area contributed by atoms with Crippen molar-refractivity contribution in [2.24, 2.45) is 5.92 Å². The minimum atomic E-state index is -0.231. The monoisotopic (exact) mass is 334 g/mol. The Morgan fingerprint density at radius 1 is 1.30 bits per heavy atom. The first-order chi connectivity index (χ1) is 11.0. The van der Waals surface area contributed by atoms with Crippen LogP contribution in [0.4, 0.5) is 11.5 Å². The molecule has 1 amide bonds. The quantitative estimate of drug-likeness (QED) is 0.848. The number of hydrogen-bond acceptors (Lipinski definition) is 5. The number of rotatable bonds is 6. The maximum Gasteiger partial charge on any atom is 0.271 e. The van der Waals surface area contributed by atoms with Crippen molar-refractivity contribution < 1.29 is 9.53 Å². The Morgan fingerprint density at radius 2 is 2.09 bits per heavy atom. The number of carbonyl (C=O) groups excluding carboxylic acids is 1. The maximum absolute atomic E-state index is 11.9. The van der Waals surface area contributed by atoms with Crippen molar-refractivity contribution in [3.8, 4) is 5.75 Å². The summed E-state index contributed by atoms with van der Waals surface area (Å²) in [6, 6.07) is 5.30. The molecule has 2 rings (SSSR count). The molecule has 0 spiro atoms. The highest BCUT2D eigenvalue weighted by Crippen LogP contribution is 2.28. The van der Waals surface area contributed by atoms with Gasteiger partial charge >= 0.3 is 0 Å². The number of hydrogen-bond donors (Lipinski definition) is 2. The van der Waals surface area contributed by atoms with E-state index in [1.54, 1.807) is 19.2 Å². The van der Waals surface area contributed by atoms with Gasteiger partial charge in [0.15, 0.2) is 0 Å². The van der Waals surface area contributed by atoms with Crippen LogP contribution in [-0.4, -0.2) is 29.5 Å². The van der Waals surface area contributed by atoms with Gasteiger partial charge in [-0.3, -0.25) is 4.79 Å². The van der Waals surface area contributed by atoms with Crippen LogP contribution >= 0.6 is 11.6 Å². The van der Waals surface area contributed by atoms with E-state index in [2.05, 4.69) is 20.6 Å². The number of nitrogens with one attached hydrogen (secondary N) is 2. The van der Waals surface area contributed by atoms with Gasteiger partial charge in [-0.1, -0.05) is 25.4 Å². The molecule has 0 aliphatic heterocycles. The average molecular weight is 335 g/mol. The summed E-state index contributed by atoms with van der Waals surface area (Å²) in [5, 5.41) is 6.36. The van der Waals surface area contributed by atoms with Gasteiger partial charge in [-0.25, -0.2) is 9.97 Å². The van der Waals surface area contributed by atoms with Gasteiger partial charge in [-0.05, 0) is 24.1 Å². The summed E-state index contributed by atoms with van der Waals surface area (Å²) in [6.45, 7) is 4.66. The Kier molecular flexibility index (Phi) is 5.76. The van der Waals surface area contributed by atoms with Crippen molar-refractivity contribution in [2.45, 2.75) is 13.8 Å². The fraction of sp³-hybridized carbons (Fsp3) is 0.312. The molecule has 2 aromatic rings. The van der Waals surface area contributed by atoms with Crippen molar-refractivity contribution in [1.29, 1.82) is 0 Å². The Hall–Kier alpha value is -2.34. The van der Waals surface area contributed by atoms with Crippen LogP contribution in [0.1, 0.15) is 24.3 Å². The number of methoxy groups -OCH3 is 1. The number of amides is 1. The van der Waals surface area contributed by atoms with E-state index in [-0.39, 0.29) is 11.6 Å². The molecular formula is C16H19ClN4O2. The van der Waals surface area contributed by atoms with Crippen LogP contribution in [0.3, 0.4) is 0 Å². The van der Waals surface area contributed by atoms with Gasteiger partial charge in [-0.2, -0.15) is 0 Å². The van der Waals surface area contributed by atoms with Gasteiger partial charge in [-0.15, -0.1) is 0 Å². The van der Waals surface area contributed by atoms with Crippen molar-refractivity contribution in [1.82, 2.24) is 15.3 Å². The molecule has 0 saturated heterocycles. The molecule has 0 radical (unpaired) electrons. The molecule has 0 unspecified atom stereocenters. The lowest BCUT2D eigenvalue weighted by Crippen LogP contribution is -2.28. The molecule has 1 aromatic heterocycles. The van der Waals surface area contributed by atoms with Gasteiger partial charge in [0.05, 0.1) is 24.5 Å². The number of aromatic nitrogens is 2. The third kappa shape index (κ3) is 4.82. The average Bonchev–Trinajstić information content (AvgIpc) is 2.53. The minimum absolute atomic E-state index is 0.231. The summed E-state index contributed by atoms with van der Waals surface area (Å²) in [4.78, 5) is 20.2. The first-order valence-electron chi connectivity index (χ1n) is 7.20. The highest BCUT2D eigenvalue weighted by molar-refractivity contribution is 6.32.